The monoisotopic (exact) mass is 458 g/mol. The minimum Gasteiger partial charge on any atom is -0.496 e. The maximum atomic E-state index is 13.1. The number of methoxy groups -OCH3 is 1. The summed E-state index contributed by atoms with van der Waals surface area (Å²) in [5.41, 5.74) is 4.12. The molecule has 1 N–H and O–H groups in total. The van der Waals surface area contributed by atoms with E-state index in [2.05, 4.69) is 25.2 Å². The normalized spacial score (nSPS) is 15.7. The van der Waals surface area contributed by atoms with E-state index in [9.17, 15) is 13.2 Å². The van der Waals surface area contributed by atoms with E-state index in [0.717, 1.165) is 35.3 Å². The first-order valence-electron chi connectivity index (χ1n) is 11.2. The molecule has 6 nitrogen and oxygen atoms in total. The SMILES string of the molecule is COc1cc(C)c([C@H](C)NC(=O)c2ccc(C)c(S(=O)(=O)N3CCCC3)c2)cc1C(C)C. The van der Waals surface area contributed by atoms with Gasteiger partial charge in [-0.25, -0.2) is 8.42 Å². The molecule has 1 amide bonds. The first-order chi connectivity index (χ1) is 15.1. The highest BCUT2D eigenvalue weighted by atomic mass is 32.2. The van der Waals surface area contributed by atoms with E-state index in [1.807, 2.05) is 19.9 Å². The lowest BCUT2D eigenvalue weighted by atomic mass is 9.93. The van der Waals surface area contributed by atoms with Crippen molar-refractivity contribution >= 4 is 15.9 Å². The third kappa shape index (κ3) is 4.84. The minimum absolute atomic E-state index is 0.211. The van der Waals surface area contributed by atoms with Gasteiger partial charge in [-0.15, -0.1) is 0 Å². The molecular weight excluding hydrogens is 424 g/mol. The fourth-order valence-corrected chi connectivity index (χ4v) is 6.02. The topological polar surface area (TPSA) is 75.7 Å². The molecular formula is C25H34N2O4S. The van der Waals surface area contributed by atoms with E-state index >= 15 is 0 Å². The number of rotatable bonds is 7. The van der Waals surface area contributed by atoms with Crippen LogP contribution in [0.2, 0.25) is 0 Å². The summed E-state index contributed by atoms with van der Waals surface area (Å²) in [7, 11) is -1.93. The highest BCUT2D eigenvalue weighted by Gasteiger charge is 2.29. The molecule has 7 heteroatoms. The van der Waals surface area contributed by atoms with Crippen molar-refractivity contribution in [2.45, 2.75) is 64.3 Å². The zero-order chi connectivity index (χ0) is 23.6. The molecule has 1 aliphatic rings. The third-order valence-electron chi connectivity index (χ3n) is 6.19. The van der Waals surface area contributed by atoms with Crippen LogP contribution in [0.4, 0.5) is 0 Å². The summed E-state index contributed by atoms with van der Waals surface area (Å²) in [5, 5.41) is 3.04. The maximum Gasteiger partial charge on any atom is 0.251 e. The summed E-state index contributed by atoms with van der Waals surface area (Å²) in [6, 6.07) is 8.73. The average Bonchev–Trinajstić information content (AvgIpc) is 3.29. The maximum absolute atomic E-state index is 13.1. The van der Waals surface area contributed by atoms with Crippen LogP contribution in [0.1, 0.15) is 78.2 Å². The number of carbonyl (C=O) groups is 1. The van der Waals surface area contributed by atoms with E-state index < -0.39 is 10.0 Å². The van der Waals surface area contributed by atoms with Crippen molar-refractivity contribution in [1.29, 1.82) is 0 Å². The molecule has 2 aromatic rings. The predicted octanol–water partition coefficient (Wildman–Crippen LogP) is 4.71. The van der Waals surface area contributed by atoms with Crippen molar-refractivity contribution in [2.75, 3.05) is 20.2 Å². The van der Waals surface area contributed by atoms with Gasteiger partial charge >= 0.3 is 0 Å². The average molecular weight is 459 g/mol. The molecule has 1 heterocycles. The van der Waals surface area contributed by atoms with Crippen LogP contribution in [-0.2, 0) is 10.0 Å². The Labute approximate surface area is 192 Å². The fourth-order valence-electron chi connectivity index (χ4n) is 4.25. The van der Waals surface area contributed by atoms with Gasteiger partial charge in [0, 0.05) is 18.7 Å². The summed E-state index contributed by atoms with van der Waals surface area (Å²) in [6.45, 7) is 11.0. The van der Waals surface area contributed by atoms with Crippen molar-refractivity contribution in [3.8, 4) is 5.75 Å². The largest absolute Gasteiger partial charge is 0.496 e. The summed E-state index contributed by atoms with van der Waals surface area (Å²) >= 11 is 0. The Kier molecular flexibility index (Phi) is 7.30. The Hall–Kier alpha value is -2.38. The van der Waals surface area contributed by atoms with Gasteiger partial charge in [-0.2, -0.15) is 4.31 Å². The molecule has 1 atom stereocenters. The molecule has 2 aromatic carbocycles. The number of hydrogen-bond donors (Lipinski definition) is 1. The van der Waals surface area contributed by atoms with Gasteiger partial charge in [-0.1, -0.05) is 19.9 Å². The van der Waals surface area contributed by atoms with Gasteiger partial charge in [0.1, 0.15) is 5.75 Å². The van der Waals surface area contributed by atoms with E-state index in [1.54, 1.807) is 26.2 Å². The zero-order valence-corrected chi connectivity index (χ0v) is 20.7. The van der Waals surface area contributed by atoms with Gasteiger partial charge in [0.2, 0.25) is 10.0 Å². The molecule has 0 unspecified atom stereocenters. The lowest BCUT2D eigenvalue weighted by molar-refractivity contribution is 0.0939. The molecule has 0 bridgehead atoms. The number of carbonyl (C=O) groups excluding carboxylic acids is 1. The number of nitrogens with one attached hydrogen (secondary N) is 1. The smallest absolute Gasteiger partial charge is 0.251 e. The second-order valence-corrected chi connectivity index (χ2v) is 10.8. The number of hydrogen-bond acceptors (Lipinski definition) is 4. The van der Waals surface area contributed by atoms with E-state index in [1.165, 1.54) is 10.4 Å². The highest BCUT2D eigenvalue weighted by molar-refractivity contribution is 7.89. The number of aryl methyl sites for hydroxylation is 2. The Balaban J connectivity index is 1.87. The predicted molar refractivity (Wildman–Crippen MR) is 127 cm³/mol. The molecule has 0 spiro atoms. The number of amides is 1. The molecule has 0 radical (unpaired) electrons. The Morgan fingerprint density at radius 1 is 1.00 bits per heavy atom. The van der Waals surface area contributed by atoms with Crippen LogP contribution in [0.3, 0.4) is 0 Å². The summed E-state index contributed by atoms with van der Waals surface area (Å²) in [5.74, 6) is 0.828. The molecule has 0 saturated carbocycles. The highest BCUT2D eigenvalue weighted by Crippen LogP contribution is 2.32. The van der Waals surface area contributed by atoms with Crippen molar-refractivity contribution in [1.82, 2.24) is 9.62 Å². The van der Waals surface area contributed by atoms with E-state index in [4.69, 9.17) is 4.74 Å². The number of nitrogens with zero attached hydrogens (tertiary/aromatic N) is 1. The first kappa shape index (κ1) is 24.3. The van der Waals surface area contributed by atoms with Crippen LogP contribution in [0.25, 0.3) is 0 Å². The second kappa shape index (κ2) is 9.63. The van der Waals surface area contributed by atoms with Gasteiger partial charge in [0.05, 0.1) is 18.0 Å². The molecule has 174 valence electrons. The lowest BCUT2D eigenvalue weighted by Gasteiger charge is -2.21. The van der Waals surface area contributed by atoms with Gasteiger partial charge in [0.25, 0.3) is 5.91 Å². The number of ether oxygens (including phenoxy) is 1. The van der Waals surface area contributed by atoms with Crippen LogP contribution in [0.5, 0.6) is 5.75 Å². The molecule has 32 heavy (non-hydrogen) atoms. The molecule has 0 aliphatic carbocycles. The van der Waals surface area contributed by atoms with Gasteiger partial charge in [0.15, 0.2) is 0 Å². The summed E-state index contributed by atoms with van der Waals surface area (Å²) in [4.78, 5) is 13.3. The van der Waals surface area contributed by atoms with Crippen LogP contribution >= 0.6 is 0 Å². The van der Waals surface area contributed by atoms with Crippen LogP contribution < -0.4 is 10.1 Å². The minimum atomic E-state index is -3.60. The Bertz CT molecular complexity index is 1100. The van der Waals surface area contributed by atoms with Gasteiger partial charge < -0.3 is 10.1 Å². The molecule has 1 fully saturated rings. The lowest BCUT2D eigenvalue weighted by Crippen LogP contribution is -2.30. The van der Waals surface area contributed by atoms with Crippen LogP contribution in [0.15, 0.2) is 35.2 Å². The van der Waals surface area contributed by atoms with Crippen molar-refractivity contribution in [3.63, 3.8) is 0 Å². The quantitative estimate of drug-likeness (QED) is 0.652. The molecule has 0 aromatic heterocycles. The molecule has 1 aliphatic heterocycles. The van der Waals surface area contributed by atoms with Crippen molar-refractivity contribution < 1.29 is 17.9 Å². The fraction of sp³-hybridized carbons (Fsp3) is 0.480. The Morgan fingerprint density at radius 3 is 2.25 bits per heavy atom. The third-order valence-corrected chi connectivity index (χ3v) is 8.23. The van der Waals surface area contributed by atoms with Gasteiger partial charge in [-0.3, -0.25) is 4.79 Å². The first-order valence-corrected chi connectivity index (χ1v) is 12.6. The summed E-state index contributed by atoms with van der Waals surface area (Å²) in [6.07, 6.45) is 1.74. The Morgan fingerprint density at radius 2 is 1.66 bits per heavy atom. The zero-order valence-electron chi connectivity index (χ0n) is 19.9. The van der Waals surface area contributed by atoms with Crippen molar-refractivity contribution in [2.24, 2.45) is 0 Å². The number of benzene rings is 2. The van der Waals surface area contributed by atoms with Crippen molar-refractivity contribution in [3.05, 3.63) is 58.1 Å². The standard InChI is InChI=1S/C25H34N2O4S/c1-16(2)21-15-22(18(4)13-23(21)31-6)19(5)26-25(28)20-10-9-17(3)24(14-20)32(29,30)27-11-7-8-12-27/h9-10,13-16,19H,7-8,11-12H2,1-6H3,(H,26,28)/t19-/m0/s1. The van der Waals surface area contributed by atoms with Gasteiger partial charge in [-0.05, 0) is 86.1 Å². The van der Waals surface area contributed by atoms with Crippen LogP contribution in [-0.4, -0.2) is 38.8 Å². The van der Waals surface area contributed by atoms with E-state index in [-0.39, 0.29) is 22.8 Å². The van der Waals surface area contributed by atoms with E-state index in [0.29, 0.717) is 24.2 Å². The van der Waals surface area contributed by atoms with Crippen LogP contribution in [0, 0.1) is 13.8 Å². The molecule has 1 saturated heterocycles. The summed E-state index contributed by atoms with van der Waals surface area (Å²) < 4.78 is 33.2. The second-order valence-electron chi connectivity index (χ2n) is 8.89. The molecule has 3 rings (SSSR count). The number of sulfonamides is 1.